The first-order chi connectivity index (χ1) is 22.4. The Hall–Kier alpha value is -4.10. The Morgan fingerprint density at radius 3 is 2.63 bits per heavy atom. The number of carbonyl (C=O) groups excluding carboxylic acids is 2. The molecule has 0 bridgehead atoms. The number of carbonyl (C=O) groups is 2. The lowest BCUT2D eigenvalue weighted by atomic mass is 9.94. The Labute approximate surface area is 271 Å². The van der Waals surface area contributed by atoms with Gasteiger partial charge in [-0.25, -0.2) is 13.9 Å². The summed E-state index contributed by atoms with van der Waals surface area (Å²) in [5.74, 6) is 0.746. The van der Waals surface area contributed by atoms with Crippen LogP contribution in [0.1, 0.15) is 56.2 Å². The number of halogens is 1. The second kappa shape index (κ2) is 14.5. The third kappa shape index (κ3) is 7.15. The molecule has 0 spiro atoms. The SMILES string of the molecule is COc1cc(C2C(C(=O)OC3CCCCC3)=C(C)Nc3nc(SCc4ccccc4F)nn32)ccc1OCC(=O)N1CCOCC1. The standard InChI is InChI=1S/C33H38FN5O6S/c1-21-29(31(41)45-24-9-4-3-5-10-24)30(39-32(35-21)36-33(37-39)46-20-23-8-6-7-11-25(23)34)22-12-13-26(27(18-22)42-2)44-19-28(40)38-14-16-43-17-15-38/h6-8,11-13,18,24,30H,3-5,9-10,14-17,19-20H2,1-2H3,(H,35,36,37). The van der Waals surface area contributed by atoms with Gasteiger partial charge in [0.2, 0.25) is 11.1 Å². The fourth-order valence-electron chi connectivity index (χ4n) is 5.94. The number of allylic oxidation sites excluding steroid dienone is 1. The maximum atomic E-state index is 14.3. The normalized spacial score (nSPS) is 18.5. The van der Waals surface area contributed by atoms with Crippen LogP contribution in [0.15, 0.2) is 58.9 Å². The minimum atomic E-state index is -0.694. The fourth-order valence-corrected chi connectivity index (χ4v) is 6.75. The molecule has 13 heteroatoms. The fraction of sp³-hybridized carbons (Fsp3) is 0.455. The highest BCUT2D eigenvalue weighted by Gasteiger charge is 2.37. The smallest absolute Gasteiger partial charge is 0.338 e. The summed E-state index contributed by atoms with van der Waals surface area (Å²) in [7, 11) is 1.52. The Kier molecular flexibility index (Phi) is 10.1. The molecule has 1 unspecified atom stereocenters. The van der Waals surface area contributed by atoms with Crippen molar-refractivity contribution in [3.63, 3.8) is 0 Å². The second-order valence-corrected chi connectivity index (χ2v) is 12.4. The van der Waals surface area contributed by atoms with E-state index >= 15 is 0 Å². The van der Waals surface area contributed by atoms with Gasteiger partial charge in [0.1, 0.15) is 18.0 Å². The highest BCUT2D eigenvalue weighted by atomic mass is 32.2. The summed E-state index contributed by atoms with van der Waals surface area (Å²) in [6.45, 7) is 3.75. The lowest BCUT2D eigenvalue weighted by molar-refractivity contribution is -0.146. The highest BCUT2D eigenvalue weighted by Crippen LogP contribution is 2.40. The van der Waals surface area contributed by atoms with Crippen LogP contribution in [-0.2, 0) is 24.8 Å². The zero-order valence-electron chi connectivity index (χ0n) is 26.0. The molecule has 2 fully saturated rings. The summed E-state index contributed by atoms with van der Waals surface area (Å²) in [5, 5.41) is 8.43. The monoisotopic (exact) mass is 651 g/mol. The topological polar surface area (TPSA) is 117 Å². The van der Waals surface area contributed by atoms with E-state index in [-0.39, 0.29) is 24.4 Å². The maximum Gasteiger partial charge on any atom is 0.338 e. The van der Waals surface area contributed by atoms with Crippen LogP contribution in [0, 0.1) is 5.82 Å². The van der Waals surface area contributed by atoms with Gasteiger partial charge < -0.3 is 29.2 Å². The van der Waals surface area contributed by atoms with Gasteiger partial charge in [0, 0.05) is 24.5 Å². The minimum absolute atomic E-state index is 0.133. The Morgan fingerprint density at radius 2 is 1.87 bits per heavy atom. The number of anilines is 1. The Bertz CT molecular complexity index is 1600. The van der Waals surface area contributed by atoms with Crippen LogP contribution in [0.25, 0.3) is 0 Å². The number of ether oxygens (including phenoxy) is 4. The summed E-state index contributed by atoms with van der Waals surface area (Å²) < 4.78 is 38.9. The van der Waals surface area contributed by atoms with E-state index in [0.717, 1.165) is 32.1 Å². The van der Waals surface area contributed by atoms with Crippen molar-refractivity contribution in [2.24, 2.45) is 0 Å². The molecular formula is C33H38FN5O6S. The summed E-state index contributed by atoms with van der Waals surface area (Å²) >= 11 is 1.30. The van der Waals surface area contributed by atoms with Gasteiger partial charge in [-0.2, -0.15) is 4.98 Å². The predicted octanol–water partition coefficient (Wildman–Crippen LogP) is 5.12. The number of nitrogens with one attached hydrogen (secondary N) is 1. The predicted molar refractivity (Wildman–Crippen MR) is 169 cm³/mol. The number of thioether (sulfide) groups is 1. The van der Waals surface area contributed by atoms with Gasteiger partial charge in [0.15, 0.2) is 18.1 Å². The molecule has 1 amide bonds. The number of nitrogens with zero attached hydrogens (tertiary/aromatic N) is 4. The summed E-state index contributed by atoms with van der Waals surface area (Å²) in [5.41, 5.74) is 2.25. The molecule has 1 atom stereocenters. The molecule has 1 saturated heterocycles. The average molecular weight is 652 g/mol. The van der Waals surface area contributed by atoms with Crippen LogP contribution < -0.4 is 14.8 Å². The van der Waals surface area contributed by atoms with Crippen LogP contribution in [0.3, 0.4) is 0 Å². The van der Waals surface area contributed by atoms with Gasteiger partial charge in [-0.3, -0.25) is 4.79 Å². The molecule has 11 nitrogen and oxygen atoms in total. The number of methoxy groups -OCH3 is 1. The van der Waals surface area contributed by atoms with Gasteiger partial charge in [-0.05, 0) is 61.9 Å². The number of aromatic nitrogens is 3. The summed E-state index contributed by atoms with van der Waals surface area (Å²) in [6, 6.07) is 11.2. The highest BCUT2D eigenvalue weighted by molar-refractivity contribution is 7.98. The van der Waals surface area contributed by atoms with Crippen molar-refractivity contribution in [3.05, 3.63) is 70.7 Å². The number of hydrogen-bond acceptors (Lipinski definition) is 10. The van der Waals surface area contributed by atoms with Crippen molar-refractivity contribution in [1.82, 2.24) is 19.7 Å². The largest absolute Gasteiger partial charge is 0.493 e. The van der Waals surface area contributed by atoms with Gasteiger partial charge >= 0.3 is 5.97 Å². The molecule has 6 rings (SSSR count). The number of amides is 1. The van der Waals surface area contributed by atoms with Crippen molar-refractivity contribution in [2.75, 3.05) is 45.3 Å². The molecule has 2 aromatic carbocycles. The van der Waals surface area contributed by atoms with E-state index in [9.17, 15) is 14.0 Å². The third-order valence-electron chi connectivity index (χ3n) is 8.41. The summed E-state index contributed by atoms with van der Waals surface area (Å²) in [4.78, 5) is 32.9. The van der Waals surface area contributed by atoms with Gasteiger partial charge in [-0.15, -0.1) is 5.10 Å². The number of esters is 1. The van der Waals surface area contributed by atoms with E-state index in [1.54, 1.807) is 39.9 Å². The van der Waals surface area contributed by atoms with Gasteiger partial charge in [-0.1, -0.05) is 42.4 Å². The molecule has 244 valence electrons. The number of benzene rings is 2. The molecule has 1 saturated carbocycles. The molecular weight excluding hydrogens is 613 g/mol. The van der Waals surface area contributed by atoms with Crippen LogP contribution >= 0.6 is 11.8 Å². The van der Waals surface area contributed by atoms with E-state index in [4.69, 9.17) is 24.0 Å². The van der Waals surface area contributed by atoms with Crippen LogP contribution in [0.5, 0.6) is 11.5 Å². The van der Waals surface area contributed by atoms with Crippen LogP contribution in [0.2, 0.25) is 0 Å². The van der Waals surface area contributed by atoms with E-state index in [2.05, 4.69) is 10.3 Å². The molecule has 3 aliphatic rings. The number of morpholine rings is 1. The van der Waals surface area contributed by atoms with E-state index in [1.165, 1.54) is 24.9 Å². The van der Waals surface area contributed by atoms with Crippen molar-refractivity contribution >= 4 is 29.6 Å². The zero-order valence-corrected chi connectivity index (χ0v) is 26.8. The zero-order chi connectivity index (χ0) is 32.0. The molecule has 1 aliphatic carbocycles. The number of hydrogen-bond donors (Lipinski definition) is 1. The Morgan fingerprint density at radius 1 is 1.09 bits per heavy atom. The lowest BCUT2D eigenvalue weighted by Crippen LogP contribution is -2.43. The van der Waals surface area contributed by atoms with Crippen molar-refractivity contribution in [1.29, 1.82) is 0 Å². The maximum absolute atomic E-state index is 14.3. The van der Waals surface area contributed by atoms with E-state index in [0.29, 0.717) is 77.1 Å². The number of rotatable bonds is 10. The lowest BCUT2D eigenvalue weighted by Gasteiger charge is -2.30. The molecule has 3 heterocycles. The molecule has 0 radical (unpaired) electrons. The third-order valence-corrected chi connectivity index (χ3v) is 9.30. The number of fused-ring (bicyclic) bond motifs is 1. The van der Waals surface area contributed by atoms with Crippen LogP contribution in [-0.4, -0.2) is 77.7 Å². The van der Waals surface area contributed by atoms with Crippen molar-refractivity contribution < 1.29 is 32.9 Å². The molecule has 1 N–H and O–H groups in total. The van der Waals surface area contributed by atoms with E-state index in [1.807, 2.05) is 13.0 Å². The summed E-state index contributed by atoms with van der Waals surface area (Å²) in [6.07, 6.45) is 4.73. The van der Waals surface area contributed by atoms with Crippen molar-refractivity contribution in [3.8, 4) is 11.5 Å². The first-order valence-corrected chi connectivity index (χ1v) is 16.6. The quantitative estimate of drug-likeness (QED) is 0.234. The molecule has 46 heavy (non-hydrogen) atoms. The van der Waals surface area contributed by atoms with Crippen molar-refractivity contribution in [2.45, 2.75) is 62.1 Å². The average Bonchev–Trinajstić information content (AvgIpc) is 3.49. The molecule has 2 aliphatic heterocycles. The Balaban J connectivity index is 1.29. The minimum Gasteiger partial charge on any atom is -0.493 e. The van der Waals surface area contributed by atoms with E-state index < -0.39 is 12.0 Å². The van der Waals surface area contributed by atoms with Gasteiger partial charge in [0.25, 0.3) is 5.91 Å². The molecule has 1 aromatic heterocycles. The first-order valence-electron chi connectivity index (χ1n) is 15.6. The second-order valence-electron chi connectivity index (χ2n) is 11.5. The molecule has 3 aromatic rings. The first kappa shape index (κ1) is 31.9. The van der Waals surface area contributed by atoms with Crippen LogP contribution in [0.4, 0.5) is 10.3 Å². The van der Waals surface area contributed by atoms with Gasteiger partial charge in [0.05, 0.1) is 25.9 Å².